The number of aromatic nitrogens is 2. The molecular weight excluding hydrogens is 334 g/mol. The predicted molar refractivity (Wildman–Crippen MR) is 108 cm³/mol. The van der Waals surface area contributed by atoms with Crippen molar-refractivity contribution >= 4 is 27.5 Å². The van der Waals surface area contributed by atoms with E-state index in [0.29, 0.717) is 0 Å². The van der Waals surface area contributed by atoms with Gasteiger partial charge in [-0.3, -0.25) is 4.79 Å². The zero-order valence-corrected chi connectivity index (χ0v) is 14.9. The minimum absolute atomic E-state index is 0.143. The van der Waals surface area contributed by atoms with Crippen LogP contribution in [0.15, 0.2) is 67.0 Å². The van der Waals surface area contributed by atoms with Crippen molar-refractivity contribution in [3.05, 3.63) is 72.6 Å². The van der Waals surface area contributed by atoms with E-state index in [0.717, 1.165) is 64.2 Å². The van der Waals surface area contributed by atoms with Gasteiger partial charge in [0.15, 0.2) is 0 Å². The van der Waals surface area contributed by atoms with Gasteiger partial charge >= 0.3 is 0 Å². The number of amides is 1. The van der Waals surface area contributed by atoms with Gasteiger partial charge in [0.1, 0.15) is 0 Å². The van der Waals surface area contributed by atoms with Crippen LogP contribution in [0.3, 0.4) is 0 Å². The van der Waals surface area contributed by atoms with Gasteiger partial charge in [-0.1, -0.05) is 36.4 Å². The first-order valence-electron chi connectivity index (χ1n) is 9.32. The smallest absolute Gasteiger partial charge is 0.253 e. The van der Waals surface area contributed by atoms with E-state index in [1.54, 1.807) is 12.4 Å². The van der Waals surface area contributed by atoms with Crippen molar-refractivity contribution in [1.82, 2.24) is 15.1 Å². The number of hydrogen-bond donors (Lipinski definition) is 0. The van der Waals surface area contributed by atoms with Crippen LogP contribution >= 0.6 is 0 Å². The highest BCUT2D eigenvalue weighted by atomic mass is 16.2. The lowest BCUT2D eigenvalue weighted by atomic mass is 9.95. The molecule has 4 aromatic rings. The first-order valence-corrected chi connectivity index (χ1v) is 9.32. The fourth-order valence-corrected chi connectivity index (χ4v) is 3.93. The van der Waals surface area contributed by atoms with Crippen LogP contribution in [0.1, 0.15) is 23.2 Å². The van der Waals surface area contributed by atoms with Crippen molar-refractivity contribution in [2.45, 2.75) is 12.8 Å². The van der Waals surface area contributed by atoms with Gasteiger partial charge in [0.05, 0.1) is 12.4 Å². The molecule has 0 radical (unpaired) electrons. The highest BCUT2D eigenvalue weighted by molar-refractivity contribution is 6.03. The Morgan fingerprint density at radius 2 is 1.63 bits per heavy atom. The Labute approximate surface area is 157 Å². The molecule has 1 saturated heterocycles. The van der Waals surface area contributed by atoms with E-state index >= 15 is 0 Å². The number of nitrogens with zero attached hydrogens (tertiary/aromatic N) is 3. The average Bonchev–Trinajstić information content (AvgIpc) is 3.27. The molecule has 2 heterocycles. The Bertz CT molecular complexity index is 1160. The molecule has 0 spiro atoms. The maximum Gasteiger partial charge on any atom is 0.253 e. The maximum atomic E-state index is 12.7. The van der Waals surface area contributed by atoms with Gasteiger partial charge in [0.25, 0.3) is 5.91 Å². The molecule has 132 valence electrons. The standard InChI is InChI=1S/C23H19N3O/c27-23(26-10-1-2-11-26)18-8-9-22-16(12-18)4-3-5-21(22)17-6-7-19-14-24-25-15-20(19)13-17/h3-9,12-15H,1-2,10-11H2. The van der Waals surface area contributed by atoms with Crippen LogP contribution in [0.5, 0.6) is 0 Å². The zero-order chi connectivity index (χ0) is 18.2. The minimum atomic E-state index is 0.143. The molecule has 1 fully saturated rings. The monoisotopic (exact) mass is 353 g/mol. The zero-order valence-electron chi connectivity index (χ0n) is 14.9. The summed E-state index contributed by atoms with van der Waals surface area (Å²) in [6.45, 7) is 1.74. The molecule has 1 aromatic heterocycles. The van der Waals surface area contributed by atoms with Crippen LogP contribution in [0.4, 0.5) is 0 Å². The summed E-state index contributed by atoms with van der Waals surface area (Å²) in [7, 11) is 0. The van der Waals surface area contributed by atoms with Crippen molar-refractivity contribution in [1.29, 1.82) is 0 Å². The Morgan fingerprint density at radius 1 is 0.815 bits per heavy atom. The van der Waals surface area contributed by atoms with Crippen molar-refractivity contribution in [3.8, 4) is 11.1 Å². The third-order valence-corrected chi connectivity index (χ3v) is 5.38. The summed E-state index contributed by atoms with van der Waals surface area (Å²) in [4.78, 5) is 14.7. The minimum Gasteiger partial charge on any atom is -0.339 e. The lowest BCUT2D eigenvalue weighted by Crippen LogP contribution is -2.27. The normalized spacial score (nSPS) is 14.1. The van der Waals surface area contributed by atoms with Crippen molar-refractivity contribution in [3.63, 3.8) is 0 Å². The van der Waals surface area contributed by atoms with E-state index in [-0.39, 0.29) is 5.91 Å². The van der Waals surface area contributed by atoms with Gasteiger partial charge in [-0.25, -0.2) is 0 Å². The summed E-state index contributed by atoms with van der Waals surface area (Å²) in [5.41, 5.74) is 3.07. The molecule has 1 aliphatic heterocycles. The van der Waals surface area contributed by atoms with Gasteiger partial charge < -0.3 is 4.90 Å². The van der Waals surface area contributed by atoms with Gasteiger partial charge in [-0.15, -0.1) is 0 Å². The summed E-state index contributed by atoms with van der Waals surface area (Å²) in [6.07, 6.45) is 5.78. The summed E-state index contributed by atoms with van der Waals surface area (Å²) in [5, 5.41) is 12.3. The van der Waals surface area contributed by atoms with E-state index in [1.807, 2.05) is 17.0 Å². The molecule has 0 saturated carbocycles. The topological polar surface area (TPSA) is 46.1 Å². The predicted octanol–water partition coefficient (Wildman–Crippen LogP) is 4.69. The molecule has 27 heavy (non-hydrogen) atoms. The van der Waals surface area contributed by atoms with E-state index in [1.165, 1.54) is 0 Å². The molecule has 0 aliphatic carbocycles. The van der Waals surface area contributed by atoms with E-state index in [9.17, 15) is 4.79 Å². The molecule has 0 N–H and O–H groups in total. The first-order chi connectivity index (χ1) is 13.3. The Kier molecular flexibility index (Phi) is 3.82. The molecular formula is C23H19N3O. The number of likely N-dealkylation sites (tertiary alicyclic amines) is 1. The highest BCUT2D eigenvalue weighted by Gasteiger charge is 2.19. The molecule has 5 rings (SSSR count). The number of carbonyl (C=O) groups is 1. The SMILES string of the molecule is O=C(c1ccc2c(-c3ccc4cnncc4c3)cccc2c1)N1CCCC1. The van der Waals surface area contributed by atoms with Gasteiger partial charge in [-0.05, 0) is 52.9 Å². The van der Waals surface area contributed by atoms with Crippen molar-refractivity contribution in [2.24, 2.45) is 0 Å². The van der Waals surface area contributed by atoms with Crippen LogP contribution < -0.4 is 0 Å². The highest BCUT2D eigenvalue weighted by Crippen LogP contribution is 2.31. The molecule has 1 amide bonds. The fourth-order valence-electron chi connectivity index (χ4n) is 3.93. The average molecular weight is 353 g/mol. The van der Waals surface area contributed by atoms with Gasteiger partial charge in [-0.2, -0.15) is 10.2 Å². The largest absolute Gasteiger partial charge is 0.339 e. The summed E-state index contributed by atoms with van der Waals surface area (Å²) >= 11 is 0. The third-order valence-electron chi connectivity index (χ3n) is 5.38. The summed E-state index contributed by atoms with van der Waals surface area (Å²) < 4.78 is 0. The molecule has 0 atom stereocenters. The maximum absolute atomic E-state index is 12.7. The second-order valence-electron chi connectivity index (χ2n) is 7.07. The Morgan fingerprint density at radius 3 is 2.48 bits per heavy atom. The Hall–Kier alpha value is -3.27. The first kappa shape index (κ1) is 15.9. The molecule has 1 aliphatic rings. The van der Waals surface area contributed by atoms with Gasteiger partial charge in [0, 0.05) is 29.4 Å². The van der Waals surface area contributed by atoms with Gasteiger partial charge in [0.2, 0.25) is 0 Å². The summed E-state index contributed by atoms with van der Waals surface area (Å²) in [5.74, 6) is 0.143. The number of carbonyl (C=O) groups excluding carboxylic acids is 1. The van der Waals surface area contributed by atoms with Crippen LogP contribution in [-0.4, -0.2) is 34.1 Å². The fraction of sp³-hybridized carbons (Fsp3) is 0.174. The van der Waals surface area contributed by atoms with E-state index < -0.39 is 0 Å². The lowest BCUT2D eigenvalue weighted by molar-refractivity contribution is 0.0793. The number of hydrogen-bond acceptors (Lipinski definition) is 3. The number of benzene rings is 3. The van der Waals surface area contributed by atoms with E-state index in [2.05, 4.69) is 52.7 Å². The van der Waals surface area contributed by atoms with Crippen LogP contribution in [0.25, 0.3) is 32.7 Å². The molecule has 3 aromatic carbocycles. The van der Waals surface area contributed by atoms with Crippen molar-refractivity contribution in [2.75, 3.05) is 13.1 Å². The van der Waals surface area contributed by atoms with Crippen LogP contribution in [0.2, 0.25) is 0 Å². The molecule has 0 unspecified atom stereocenters. The second-order valence-corrected chi connectivity index (χ2v) is 7.07. The van der Waals surface area contributed by atoms with Crippen molar-refractivity contribution < 1.29 is 4.79 Å². The molecule has 4 heteroatoms. The third kappa shape index (κ3) is 2.83. The molecule has 4 nitrogen and oxygen atoms in total. The Balaban J connectivity index is 1.59. The number of rotatable bonds is 2. The number of fused-ring (bicyclic) bond motifs is 2. The molecule has 0 bridgehead atoms. The van der Waals surface area contributed by atoms with Crippen LogP contribution in [0, 0.1) is 0 Å². The quantitative estimate of drug-likeness (QED) is 0.525. The van der Waals surface area contributed by atoms with Crippen LogP contribution in [-0.2, 0) is 0 Å². The second kappa shape index (κ2) is 6.47. The van der Waals surface area contributed by atoms with E-state index in [4.69, 9.17) is 0 Å². The summed E-state index contributed by atoms with van der Waals surface area (Å²) in [6, 6.07) is 18.6. The lowest BCUT2D eigenvalue weighted by Gasteiger charge is -2.16.